The number of allylic oxidation sites excluding steroid dienone is 2. The summed E-state index contributed by atoms with van der Waals surface area (Å²) >= 11 is 0. The van der Waals surface area contributed by atoms with E-state index >= 15 is 0 Å². The molecule has 0 radical (unpaired) electrons. The molecule has 0 atom stereocenters. The average molecular weight is 343 g/mol. The van der Waals surface area contributed by atoms with Crippen molar-refractivity contribution in [2.24, 2.45) is 5.41 Å². The standard InChI is InChI=1S/C22H34OSi/c1-8-16-20(19-17-14-13-15-18-19)22(6,7)21(9-2)23-24(10-3,11-4)12-5/h8-9,13-15,17-18H,10-12H2,1-7H3/b21-9+. The molecule has 0 fully saturated rings. The molecule has 0 unspecified atom stereocenters. The largest absolute Gasteiger partial charge is 0.546 e. The number of rotatable bonds is 8. The normalized spacial score (nSPS) is 12.5. The van der Waals surface area contributed by atoms with Crippen molar-refractivity contribution < 1.29 is 4.43 Å². The third-order valence-corrected chi connectivity index (χ3v) is 9.63. The van der Waals surface area contributed by atoms with E-state index in [9.17, 15) is 0 Å². The lowest BCUT2D eigenvalue weighted by molar-refractivity contribution is 0.312. The maximum absolute atomic E-state index is 6.77. The molecule has 2 heteroatoms. The van der Waals surface area contributed by atoms with Crippen LogP contribution in [0.5, 0.6) is 0 Å². The van der Waals surface area contributed by atoms with Crippen molar-refractivity contribution in [3.8, 4) is 0 Å². The van der Waals surface area contributed by atoms with Crippen LogP contribution in [0, 0.1) is 5.41 Å². The zero-order valence-electron chi connectivity index (χ0n) is 16.6. The van der Waals surface area contributed by atoms with Gasteiger partial charge in [0.05, 0.1) is 11.2 Å². The van der Waals surface area contributed by atoms with E-state index in [4.69, 9.17) is 4.43 Å². The van der Waals surface area contributed by atoms with Gasteiger partial charge in [-0.25, -0.2) is 0 Å². The Labute approximate surface area is 150 Å². The molecule has 0 heterocycles. The van der Waals surface area contributed by atoms with Gasteiger partial charge in [0.25, 0.3) is 0 Å². The fourth-order valence-corrected chi connectivity index (χ4v) is 6.02. The van der Waals surface area contributed by atoms with Gasteiger partial charge in [-0.15, -0.1) is 5.73 Å². The Kier molecular flexibility index (Phi) is 7.79. The summed E-state index contributed by atoms with van der Waals surface area (Å²) < 4.78 is 6.77. The molecule has 0 spiro atoms. The molecule has 1 aromatic carbocycles. The zero-order valence-corrected chi connectivity index (χ0v) is 17.6. The van der Waals surface area contributed by atoms with Crippen molar-refractivity contribution in [1.82, 2.24) is 0 Å². The number of benzene rings is 1. The summed E-state index contributed by atoms with van der Waals surface area (Å²) in [5.41, 5.74) is 5.67. The van der Waals surface area contributed by atoms with E-state index in [1.165, 1.54) is 11.1 Å². The first-order chi connectivity index (χ1) is 11.4. The minimum Gasteiger partial charge on any atom is -0.546 e. The minimum atomic E-state index is -1.70. The highest BCUT2D eigenvalue weighted by atomic mass is 28.4. The lowest BCUT2D eigenvalue weighted by Crippen LogP contribution is -2.38. The molecule has 1 rings (SSSR count). The molecule has 1 nitrogen and oxygen atoms in total. The molecule has 1 aromatic rings. The Hall–Kier alpha value is -1.50. The second-order valence-corrected chi connectivity index (χ2v) is 11.5. The van der Waals surface area contributed by atoms with Crippen LogP contribution in [0.1, 0.15) is 54.0 Å². The fraction of sp³-hybridized carbons (Fsp3) is 0.500. The van der Waals surface area contributed by atoms with E-state index in [-0.39, 0.29) is 5.41 Å². The first-order valence-corrected chi connectivity index (χ1v) is 11.8. The minimum absolute atomic E-state index is 0.208. The first kappa shape index (κ1) is 20.5. The van der Waals surface area contributed by atoms with Crippen LogP contribution in [0.25, 0.3) is 5.57 Å². The van der Waals surface area contributed by atoms with Crippen LogP contribution in [-0.2, 0) is 4.43 Å². The second-order valence-electron chi connectivity index (χ2n) is 6.80. The van der Waals surface area contributed by atoms with E-state index < -0.39 is 8.32 Å². The molecule has 0 saturated heterocycles. The molecule has 0 aliphatic heterocycles. The number of hydrogen-bond donors (Lipinski definition) is 0. The maximum Gasteiger partial charge on any atom is 0.250 e. The highest BCUT2D eigenvalue weighted by Crippen LogP contribution is 2.43. The monoisotopic (exact) mass is 342 g/mol. The van der Waals surface area contributed by atoms with E-state index in [1.54, 1.807) is 0 Å². The molecule has 132 valence electrons. The van der Waals surface area contributed by atoms with Gasteiger partial charge in [0, 0.05) is 5.57 Å². The van der Waals surface area contributed by atoms with Crippen molar-refractivity contribution in [2.45, 2.75) is 66.6 Å². The van der Waals surface area contributed by atoms with Crippen LogP contribution >= 0.6 is 0 Å². The molecule has 0 aliphatic carbocycles. The molecule has 0 aliphatic rings. The van der Waals surface area contributed by atoms with E-state index in [0.717, 1.165) is 23.9 Å². The molecule has 0 N–H and O–H groups in total. The third kappa shape index (κ3) is 4.52. The van der Waals surface area contributed by atoms with Gasteiger partial charge in [-0.3, -0.25) is 0 Å². The molecule has 0 aromatic heterocycles. The summed E-state index contributed by atoms with van der Waals surface area (Å²) in [7, 11) is -1.70. The van der Waals surface area contributed by atoms with Crippen LogP contribution in [0.2, 0.25) is 18.1 Å². The molecule has 0 saturated carbocycles. The van der Waals surface area contributed by atoms with Gasteiger partial charge in [0.2, 0.25) is 8.32 Å². The van der Waals surface area contributed by atoms with Gasteiger partial charge in [-0.2, -0.15) is 0 Å². The zero-order chi connectivity index (χ0) is 18.2. The van der Waals surface area contributed by atoms with Crippen LogP contribution in [0.4, 0.5) is 0 Å². The first-order valence-electron chi connectivity index (χ1n) is 9.23. The molecule has 24 heavy (non-hydrogen) atoms. The van der Waals surface area contributed by atoms with E-state index in [2.05, 4.69) is 83.7 Å². The predicted molar refractivity (Wildman–Crippen MR) is 109 cm³/mol. The van der Waals surface area contributed by atoms with Gasteiger partial charge < -0.3 is 4.43 Å². The van der Waals surface area contributed by atoms with Crippen LogP contribution in [-0.4, -0.2) is 8.32 Å². The Morgan fingerprint density at radius 2 is 1.58 bits per heavy atom. The molecular weight excluding hydrogens is 308 g/mol. The van der Waals surface area contributed by atoms with Gasteiger partial charge in [0.15, 0.2) is 0 Å². The van der Waals surface area contributed by atoms with Crippen LogP contribution in [0.3, 0.4) is 0 Å². The van der Waals surface area contributed by atoms with Gasteiger partial charge in [-0.1, -0.05) is 57.2 Å². The van der Waals surface area contributed by atoms with Crippen LogP contribution in [0.15, 0.2) is 54.0 Å². The second kappa shape index (κ2) is 9.10. The predicted octanol–water partition coefficient (Wildman–Crippen LogP) is 7.20. The maximum atomic E-state index is 6.77. The fourth-order valence-electron chi connectivity index (χ4n) is 3.24. The Morgan fingerprint density at radius 3 is 2.00 bits per heavy atom. The number of hydrogen-bond acceptors (Lipinski definition) is 1. The summed E-state index contributed by atoms with van der Waals surface area (Å²) in [6, 6.07) is 14.0. The summed E-state index contributed by atoms with van der Waals surface area (Å²) in [5.74, 6) is 1.09. The summed E-state index contributed by atoms with van der Waals surface area (Å²) in [5, 5.41) is 0. The van der Waals surface area contributed by atoms with Crippen molar-refractivity contribution in [2.75, 3.05) is 0 Å². The van der Waals surface area contributed by atoms with Crippen molar-refractivity contribution in [3.05, 3.63) is 59.5 Å². The van der Waals surface area contributed by atoms with Gasteiger partial charge in [-0.05, 0) is 57.5 Å². The lowest BCUT2D eigenvalue weighted by Gasteiger charge is -2.38. The van der Waals surface area contributed by atoms with Gasteiger partial charge >= 0.3 is 0 Å². The van der Waals surface area contributed by atoms with Gasteiger partial charge in [0.1, 0.15) is 0 Å². The molecular formula is C22H34OSi. The van der Waals surface area contributed by atoms with Crippen LogP contribution < -0.4 is 0 Å². The highest BCUT2D eigenvalue weighted by Gasteiger charge is 2.37. The highest BCUT2D eigenvalue weighted by molar-refractivity contribution is 6.73. The lowest BCUT2D eigenvalue weighted by atomic mass is 9.79. The summed E-state index contributed by atoms with van der Waals surface area (Å²) in [6.07, 6.45) is 4.16. The average Bonchev–Trinajstić information content (AvgIpc) is 2.61. The smallest absolute Gasteiger partial charge is 0.250 e. The molecule has 0 amide bonds. The van der Waals surface area contributed by atoms with Crippen molar-refractivity contribution in [3.63, 3.8) is 0 Å². The summed E-state index contributed by atoms with van der Waals surface area (Å²) in [6.45, 7) is 15.5. The third-order valence-electron chi connectivity index (χ3n) is 5.11. The SMILES string of the molecule is CC=C=C(c1ccccc1)C(C)(C)/C(=C\C)O[Si](CC)(CC)CC. The summed E-state index contributed by atoms with van der Waals surface area (Å²) in [4.78, 5) is 0. The topological polar surface area (TPSA) is 9.23 Å². The van der Waals surface area contributed by atoms with Crippen molar-refractivity contribution in [1.29, 1.82) is 0 Å². The van der Waals surface area contributed by atoms with E-state index in [1.807, 2.05) is 13.0 Å². The Balaban J connectivity index is 3.34. The van der Waals surface area contributed by atoms with Crippen molar-refractivity contribution >= 4 is 13.9 Å². The Bertz CT molecular complexity index is 592. The Morgan fingerprint density at radius 1 is 1.04 bits per heavy atom. The van der Waals surface area contributed by atoms with E-state index in [0.29, 0.717) is 0 Å². The quantitative estimate of drug-likeness (QED) is 0.276. The molecule has 0 bridgehead atoms.